The Balaban J connectivity index is 1.42. The third kappa shape index (κ3) is 7.81. The molecule has 0 saturated carbocycles. The van der Waals surface area contributed by atoms with Crippen LogP contribution in [0, 0.1) is 6.92 Å². The van der Waals surface area contributed by atoms with E-state index in [1.165, 1.54) is 36.8 Å². The number of thioether (sulfide) groups is 2. The Kier molecular flexibility index (Phi) is 9.12. The van der Waals surface area contributed by atoms with Crippen LogP contribution >= 0.6 is 23.5 Å². The van der Waals surface area contributed by atoms with Gasteiger partial charge in [0.1, 0.15) is 11.5 Å². The lowest BCUT2D eigenvalue weighted by Gasteiger charge is -2.16. The average molecular weight is 411 g/mol. The van der Waals surface area contributed by atoms with Crippen LogP contribution in [-0.2, 0) is 17.9 Å². The number of hydrogen-bond acceptors (Lipinski definition) is 3. The molecule has 0 spiro atoms. The third-order valence-electron chi connectivity index (χ3n) is 4.72. The van der Waals surface area contributed by atoms with Crippen LogP contribution in [0.3, 0.4) is 0 Å². The summed E-state index contributed by atoms with van der Waals surface area (Å²) in [5, 5.41) is 0. The lowest BCUT2D eigenvalue weighted by atomic mass is 10.1. The van der Waals surface area contributed by atoms with Crippen molar-refractivity contribution in [3.05, 3.63) is 95.4 Å². The maximum absolute atomic E-state index is 5.68. The molecule has 0 aliphatic rings. The van der Waals surface area contributed by atoms with Crippen molar-refractivity contribution in [2.24, 2.45) is 0 Å². The van der Waals surface area contributed by atoms with Gasteiger partial charge in [0, 0.05) is 17.9 Å². The third-order valence-corrected chi connectivity index (χ3v) is 7.75. The first-order valence-electron chi connectivity index (χ1n) is 10.2. The molecule has 0 atom stereocenters. The summed E-state index contributed by atoms with van der Waals surface area (Å²) in [6.07, 6.45) is 6.10. The minimum absolute atomic E-state index is 0.645. The first kappa shape index (κ1) is 21.1. The van der Waals surface area contributed by atoms with Crippen molar-refractivity contribution in [3.63, 3.8) is 0 Å². The molecule has 2 aromatic carbocycles. The monoisotopic (exact) mass is 410 g/mol. The van der Waals surface area contributed by atoms with Crippen LogP contribution < -0.4 is 0 Å². The smallest absolute Gasteiger partial charge is 0.104 e. The SMILES string of the molecule is Cc1ccc(CCCCCC(SCc2ccccc2)SCc2ccccc2)o1. The van der Waals surface area contributed by atoms with E-state index < -0.39 is 0 Å². The molecule has 1 aromatic heterocycles. The van der Waals surface area contributed by atoms with E-state index in [1.807, 2.05) is 6.92 Å². The molecule has 148 valence electrons. The zero-order chi connectivity index (χ0) is 19.4. The van der Waals surface area contributed by atoms with E-state index in [9.17, 15) is 0 Å². The van der Waals surface area contributed by atoms with Crippen molar-refractivity contribution < 1.29 is 4.42 Å². The first-order chi connectivity index (χ1) is 13.8. The second kappa shape index (κ2) is 12.1. The van der Waals surface area contributed by atoms with Gasteiger partial charge in [0.25, 0.3) is 0 Å². The van der Waals surface area contributed by atoms with Crippen molar-refractivity contribution in [2.75, 3.05) is 0 Å². The molecule has 3 rings (SSSR count). The molecule has 0 unspecified atom stereocenters. The second-order valence-electron chi connectivity index (χ2n) is 7.13. The number of rotatable bonds is 12. The van der Waals surface area contributed by atoms with Crippen LogP contribution in [0.4, 0.5) is 0 Å². The molecule has 0 fully saturated rings. The maximum Gasteiger partial charge on any atom is 0.104 e. The molecule has 0 N–H and O–H groups in total. The Morgan fingerprint density at radius 3 is 1.86 bits per heavy atom. The maximum atomic E-state index is 5.68. The predicted octanol–water partition coefficient (Wildman–Crippen LogP) is 7.88. The van der Waals surface area contributed by atoms with Gasteiger partial charge in [-0.05, 0) is 43.0 Å². The molecule has 1 nitrogen and oxygen atoms in total. The van der Waals surface area contributed by atoms with E-state index >= 15 is 0 Å². The van der Waals surface area contributed by atoms with Crippen molar-refractivity contribution in [3.8, 4) is 0 Å². The van der Waals surface area contributed by atoms with E-state index in [1.54, 1.807) is 0 Å². The number of benzene rings is 2. The Morgan fingerprint density at radius 1 is 0.714 bits per heavy atom. The summed E-state index contributed by atoms with van der Waals surface area (Å²) in [5.74, 6) is 4.34. The summed E-state index contributed by atoms with van der Waals surface area (Å²) in [6, 6.07) is 25.8. The molecule has 1 heterocycles. The van der Waals surface area contributed by atoms with Gasteiger partial charge in [-0.15, -0.1) is 23.5 Å². The lowest BCUT2D eigenvalue weighted by molar-refractivity contribution is 0.471. The van der Waals surface area contributed by atoms with Crippen LogP contribution in [0.25, 0.3) is 0 Å². The normalized spacial score (nSPS) is 11.2. The summed E-state index contributed by atoms with van der Waals surface area (Å²) in [6.45, 7) is 2.02. The van der Waals surface area contributed by atoms with E-state index in [4.69, 9.17) is 4.42 Å². The van der Waals surface area contributed by atoms with Crippen molar-refractivity contribution in [1.29, 1.82) is 0 Å². The van der Waals surface area contributed by atoms with Crippen LogP contribution in [-0.4, -0.2) is 4.58 Å². The minimum Gasteiger partial charge on any atom is -0.466 e. The van der Waals surface area contributed by atoms with E-state index in [2.05, 4.69) is 96.3 Å². The summed E-state index contributed by atoms with van der Waals surface area (Å²) < 4.78 is 6.32. The lowest BCUT2D eigenvalue weighted by Crippen LogP contribution is -2.00. The van der Waals surface area contributed by atoms with E-state index in [0.29, 0.717) is 4.58 Å². The Hall–Kier alpha value is -1.58. The summed E-state index contributed by atoms with van der Waals surface area (Å²) in [5.41, 5.74) is 2.84. The first-order valence-corrected chi connectivity index (χ1v) is 12.3. The average Bonchev–Trinajstić information content (AvgIpc) is 3.15. The quantitative estimate of drug-likeness (QED) is 0.223. The fourth-order valence-electron chi connectivity index (χ4n) is 3.15. The van der Waals surface area contributed by atoms with Crippen LogP contribution in [0.2, 0.25) is 0 Å². The summed E-state index contributed by atoms with van der Waals surface area (Å²) in [4.78, 5) is 0. The van der Waals surface area contributed by atoms with Crippen molar-refractivity contribution in [2.45, 2.75) is 55.1 Å². The summed E-state index contributed by atoms with van der Waals surface area (Å²) in [7, 11) is 0. The largest absolute Gasteiger partial charge is 0.466 e. The fraction of sp³-hybridized carbons (Fsp3) is 0.360. The van der Waals surface area contributed by atoms with Gasteiger partial charge in [0.05, 0.1) is 4.58 Å². The number of aryl methyl sites for hydroxylation is 2. The number of hydrogen-bond donors (Lipinski definition) is 0. The van der Waals surface area contributed by atoms with Crippen molar-refractivity contribution in [1.82, 2.24) is 0 Å². The van der Waals surface area contributed by atoms with Crippen LogP contribution in [0.5, 0.6) is 0 Å². The highest BCUT2D eigenvalue weighted by Crippen LogP contribution is 2.33. The highest BCUT2D eigenvalue weighted by Gasteiger charge is 2.11. The Labute approximate surface area is 178 Å². The van der Waals surface area contributed by atoms with Crippen LogP contribution in [0.1, 0.15) is 48.3 Å². The van der Waals surface area contributed by atoms with E-state index in [-0.39, 0.29) is 0 Å². The molecule has 0 radical (unpaired) electrons. The molecule has 28 heavy (non-hydrogen) atoms. The summed E-state index contributed by atoms with van der Waals surface area (Å²) >= 11 is 4.19. The van der Waals surface area contributed by atoms with Crippen LogP contribution in [0.15, 0.2) is 77.2 Å². The molecule has 0 bridgehead atoms. The minimum atomic E-state index is 0.645. The second-order valence-corrected chi connectivity index (χ2v) is 9.81. The van der Waals surface area contributed by atoms with Gasteiger partial charge in [0.15, 0.2) is 0 Å². The van der Waals surface area contributed by atoms with Gasteiger partial charge in [-0.25, -0.2) is 0 Å². The zero-order valence-electron chi connectivity index (χ0n) is 16.7. The standard InChI is InChI=1S/C25H30OS2/c1-21-17-18-24(26-21)15-9-4-10-16-25(27-19-22-11-5-2-6-12-22)28-20-23-13-7-3-8-14-23/h2-3,5-8,11-14,17-18,25H,4,9-10,15-16,19-20H2,1H3. The molecule has 0 amide bonds. The Morgan fingerprint density at radius 2 is 1.32 bits per heavy atom. The molecular weight excluding hydrogens is 380 g/mol. The van der Waals surface area contributed by atoms with Gasteiger partial charge in [-0.3, -0.25) is 0 Å². The topological polar surface area (TPSA) is 13.1 Å². The van der Waals surface area contributed by atoms with E-state index in [0.717, 1.165) is 29.4 Å². The molecule has 3 heteroatoms. The number of furan rings is 1. The molecular formula is C25H30OS2. The van der Waals surface area contributed by atoms with Gasteiger partial charge in [-0.2, -0.15) is 0 Å². The zero-order valence-corrected chi connectivity index (χ0v) is 18.3. The molecule has 0 aliphatic carbocycles. The molecule has 0 saturated heterocycles. The molecule has 0 aliphatic heterocycles. The van der Waals surface area contributed by atoms with Gasteiger partial charge in [-0.1, -0.05) is 73.5 Å². The number of unbranched alkanes of at least 4 members (excludes halogenated alkanes) is 2. The predicted molar refractivity (Wildman–Crippen MR) is 125 cm³/mol. The highest BCUT2D eigenvalue weighted by atomic mass is 32.2. The van der Waals surface area contributed by atoms with Crippen molar-refractivity contribution >= 4 is 23.5 Å². The molecule has 3 aromatic rings. The highest BCUT2D eigenvalue weighted by molar-refractivity contribution is 8.16. The van der Waals surface area contributed by atoms with Gasteiger partial charge >= 0.3 is 0 Å². The van der Waals surface area contributed by atoms with Gasteiger partial charge in [0.2, 0.25) is 0 Å². The fourth-order valence-corrected chi connectivity index (χ4v) is 5.75. The Bertz CT molecular complexity index is 739. The van der Waals surface area contributed by atoms with Gasteiger partial charge < -0.3 is 4.42 Å².